The molecule has 0 spiro atoms. The first-order valence-corrected chi connectivity index (χ1v) is 6.75. The van der Waals surface area contributed by atoms with Gasteiger partial charge in [0.05, 0.1) is 16.7 Å². The van der Waals surface area contributed by atoms with Gasteiger partial charge in [0.1, 0.15) is 0 Å². The van der Waals surface area contributed by atoms with E-state index in [2.05, 4.69) is 31.4 Å². The van der Waals surface area contributed by atoms with Crippen molar-refractivity contribution in [2.45, 2.75) is 26.8 Å². The first-order chi connectivity index (χ1) is 8.97. The van der Waals surface area contributed by atoms with E-state index in [1.54, 1.807) is 16.9 Å². The predicted octanol–water partition coefficient (Wildman–Crippen LogP) is 2.02. The van der Waals surface area contributed by atoms with Crippen molar-refractivity contribution in [3.63, 3.8) is 0 Å². The second-order valence-electron chi connectivity index (χ2n) is 4.38. The molecule has 102 valence electrons. The third-order valence-corrected chi connectivity index (χ3v) is 3.97. The molecule has 0 atom stereocenters. The normalized spacial score (nSPS) is 10.7. The minimum Gasteiger partial charge on any atom is -0.309 e. The molecular formula is C12H16BrN5O. The van der Waals surface area contributed by atoms with Crippen molar-refractivity contribution in [3.8, 4) is 0 Å². The number of hydrogen-bond acceptors (Lipinski definition) is 3. The number of amides is 1. The monoisotopic (exact) mass is 325 g/mol. The molecule has 0 fully saturated rings. The van der Waals surface area contributed by atoms with Crippen LogP contribution in [0.3, 0.4) is 0 Å². The summed E-state index contributed by atoms with van der Waals surface area (Å²) in [6.07, 6.45) is 2.15. The Hall–Kier alpha value is -1.63. The average Bonchev–Trinajstić information content (AvgIpc) is 2.86. The number of rotatable bonds is 4. The Morgan fingerprint density at radius 3 is 2.68 bits per heavy atom. The van der Waals surface area contributed by atoms with E-state index in [0.29, 0.717) is 18.8 Å². The number of anilines is 1. The van der Waals surface area contributed by atoms with Crippen LogP contribution < -0.4 is 5.32 Å². The van der Waals surface area contributed by atoms with Crippen LogP contribution in [0.2, 0.25) is 0 Å². The summed E-state index contributed by atoms with van der Waals surface area (Å²) < 4.78 is 4.48. The van der Waals surface area contributed by atoms with Gasteiger partial charge in [-0.05, 0) is 29.8 Å². The standard InChI is InChI=1S/C12H16BrN5O/c1-8-12(13)9(2)18(15-8)7-5-11(19)14-10-4-6-17(3)16-10/h4,6H,5,7H2,1-3H3,(H,14,16,19). The number of nitrogens with zero attached hydrogens (tertiary/aromatic N) is 4. The van der Waals surface area contributed by atoms with Crippen LogP contribution in [0.5, 0.6) is 0 Å². The summed E-state index contributed by atoms with van der Waals surface area (Å²) >= 11 is 3.47. The molecule has 0 bridgehead atoms. The summed E-state index contributed by atoms with van der Waals surface area (Å²) in [6, 6.07) is 1.76. The summed E-state index contributed by atoms with van der Waals surface area (Å²) in [5, 5.41) is 11.2. The number of aryl methyl sites for hydroxylation is 3. The van der Waals surface area contributed by atoms with Crippen molar-refractivity contribution in [2.75, 3.05) is 5.32 Å². The Morgan fingerprint density at radius 1 is 1.42 bits per heavy atom. The fourth-order valence-electron chi connectivity index (χ4n) is 1.79. The molecule has 0 unspecified atom stereocenters. The van der Waals surface area contributed by atoms with E-state index < -0.39 is 0 Å². The lowest BCUT2D eigenvalue weighted by atomic mass is 10.3. The lowest BCUT2D eigenvalue weighted by molar-refractivity contribution is -0.116. The zero-order chi connectivity index (χ0) is 14.0. The van der Waals surface area contributed by atoms with Crippen LogP contribution in [0.15, 0.2) is 16.7 Å². The smallest absolute Gasteiger partial charge is 0.227 e. The molecule has 0 aliphatic rings. The van der Waals surface area contributed by atoms with Crippen LogP contribution in [0.1, 0.15) is 17.8 Å². The molecule has 0 aliphatic carbocycles. The molecule has 2 rings (SSSR count). The van der Waals surface area contributed by atoms with Crippen molar-refractivity contribution in [2.24, 2.45) is 7.05 Å². The van der Waals surface area contributed by atoms with Gasteiger partial charge in [0.2, 0.25) is 5.91 Å². The van der Waals surface area contributed by atoms with Crippen LogP contribution in [-0.2, 0) is 18.4 Å². The molecule has 0 radical (unpaired) electrons. The topological polar surface area (TPSA) is 64.7 Å². The van der Waals surface area contributed by atoms with E-state index in [1.807, 2.05) is 25.6 Å². The molecule has 0 saturated heterocycles. The van der Waals surface area contributed by atoms with Gasteiger partial charge >= 0.3 is 0 Å². The maximum atomic E-state index is 11.8. The molecule has 1 N–H and O–H groups in total. The van der Waals surface area contributed by atoms with Gasteiger partial charge < -0.3 is 5.32 Å². The van der Waals surface area contributed by atoms with E-state index in [4.69, 9.17) is 0 Å². The highest BCUT2D eigenvalue weighted by molar-refractivity contribution is 9.10. The summed E-state index contributed by atoms with van der Waals surface area (Å²) in [7, 11) is 1.81. The second kappa shape index (κ2) is 5.56. The van der Waals surface area contributed by atoms with Crippen LogP contribution in [-0.4, -0.2) is 25.5 Å². The van der Waals surface area contributed by atoms with Crippen LogP contribution in [0, 0.1) is 13.8 Å². The Kier molecular flexibility index (Phi) is 4.04. The van der Waals surface area contributed by atoms with Gasteiger partial charge in [0.15, 0.2) is 5.82 Å². The Bertz CT molecular complexity index is 601. The molecule has 0 saturated carbocycles. The number of halogens is 1. The van der Waals surface area contributed by atoms with Gasteiger partial charge in [0.25, 0.3) is 0 Å². The van der Waals surface area contributed by atoms with Crippen LogP contribution >= 0.6 is 15.9 Å². The lowest BCUT2D eigenvalue weighted by Gasteiger charge is -2.04. The zero-order valence-corrected chi connectivity index (χ0v) is 12.7. The predicted molar refractivity (Wildman–Crippen MR) is 75.9 cm³/mol. The summed E-state index contributed by atoms with van der Waals surface area (Å²) in [6.45, 7) is 4.46. The van der Waals surface area contributed by atoms with Crippen molar-refractivity contribution >= 4 is 27.7 Å². The number of nitrogens with one attached hydrogen (secondary N) is 1. The number of carbonyl (C=O) groups excluding carboxylic acids is 1. The van der Waals surface area contributed by atoms with Gasteiger partial charge in [-0.3, -0.25) is 14.2 Å². The summed E-state index contributed by atoms with van der Waals surface area (Å²) in [5.41, 5.74) is 1.96. The maximum Gasteiger partial charge on any atom is 0.227 e. The van der Waals surface area contributed by atoms with Crippen molar-refractivity contribution < 1.29 is 4.79 Å². The van der Waals surface area contributed by atoms with Gasteiger partial charge in [-0.1, -0.05) is 0 Å². The number of hydrogen-bond donors (Lipinski definition) is 1. The van der Waals surface area contributed by atoms with Gasteiger partial charge in [-0.2, -0.15) is 10.2 Å². The molecule has 2 aromatic rings. The molecular weight excluding hydrogens is 310 g/mol. The van der Waals surface area contributed by atoms with E-state index in [9.17, 15) is 4.79 Å². The second-order valence-corrected chi connectivity index (χ2v) is 5.17. The Morgan fingerprint density at radius 2 is 2.16 bits per heavy atom. The Balaban J connectivity index is 1.91. The van der Waals surface area contributed by atoms with Gasteiger partial charge in [0, 0.05) is 31.4 Å². The van der Waals surface area contributed by atoms with Crippen molar-refractivity contribution in [1.82, 2.24) is 19.6 Å². The number of carbonyl (C=O) groups is 1. The maximum absolute atomic E-state index is 11.8. The van der Waals surface area contributed by atoms with Crippen molar-refractivity contribution in [3.05, 3.63) is 28.1 Å². The van der Waals surface area contributed by atoms with E-state index in [1.165, 1.54) is 0 Å². The third-order valence-electron chi connectivity index (χ3n) is 2.82. The van der Waals surface area contributed by atoms with Crippen molar-refractivity contribution in [1.29, 1.82) is 0 Å². The highest BCUT2D eigenvalue weighted by Gasteiger charge is 2.10. The average molecular weight is 326 g/mol. The van der Waals surface area contributed by atoms with Crippen LogP contribution in [0.25, 0.3) is 0 Å². The van der Waals surface area contributed by atoms with Gasteiger partial charge in [-0.25, -0.2) is 0 Å². The Labute approximate surface area is 119 Å². The lowest BCUT2D eigenvalue weighted by Crippen LogP contribution is -2.16. The molecule has 7 heteroatoms. The van der Waals surface area contributed by atoms with E-state index >= 15 is 0 Å². The molecule has 2 heterocycles. The third kappa shape index (κ3) is 3.23. The fraction of sp³-hybridized carbons (Fsp3) is 0.417. The summed E-state index contributed by atoms with van der Waals surface area (Å²) in [4.78, 5) is 11.8. The molecule has 1 amide bonds. The minimum atomic E-state index is -0.0672. The first kappa shape index (κ1) is 13.8. The molecule has 0 aromatic carbocycles. The molecule has 6 nitrogen and oxygen atoms in total. The largest absolute Gasteiger partial charge is 0.309 e. The quantitative estimate of drug-likeness (QED) is 0.935. The highest BCUT2D eigenvalue weighted by atomic mass is 79.9. The minimum absolute atomic E-state index is 0.0672. The zero-order valence-electron chi connectivity index (χ0n) is 11.1. The van der Waals surface area contributed by atoms with Gasteiger partial charge in [-0.15, -0.1) is 0 Å². The highest BCUT2D eigenvalue weighted by Crippen LogP contribution is 2.19. The first-order valence-electron chi connectivity index (χ1n) is 5.96. The summed E-state index contributed by atoms with van der Waals surface area (Å²) in [5.74, 6) is 0.504. The van der Waals surface area contributed by atoms with E-state index in [0.717, 1.165) is 15.9 Å². The fourth-order valence-corrected chi connectivity index (χ4v) is 2.07. The molecule has 0 aliphatic heterocycles. The van der Waals surface area contributed by atoms with Crippen LogP contribution in [0.4, 0.5) is 5.82 Å². The van der Waals surface area contributed by atoms with E-state index in [-0.39, 0.29) is 5.91 Å². The molecule has 19 heavy (non-hydrogen) atoms. The molecule has 2 aromatic heterocycles. The number of aromatic nitrogens is 4. The SMILES string of the molecule is Cc1nn(CCC(=O)Nc2ccn(C)n2)c(C)c1Br.